The molecule has 1 saturated heterocycles. The van der Waals surface area contributed by atoms with Crippen molar-refractivity contribution in [3.8, 4) is 0 Å². The number of halogens is 4. The first kappa shape index (κ1) is 18.2. The molecule has 1 aliphatic heterocycles. The number of rotatable bonds is 2. The first-order chi connectivity index (χ1) is 9.23. The zero-order valence-electron chi connectivity index (χ0n) is 11.2. The molecule has 4 nitrogen and oxygen atoms in total. The average Bonchev–Trinajstić information content (AvgIpc) is 2.38. The van der Waals surface area contributed by atoms with Crippen LogP contribution in [0.5, 0.6) is 0 Å². The summed E-state index contributed by atoms with van der Waals surface area (Å²) in [7, 11) is -3.90. The molecule has 1 N–H and O–H groups in total. The Balaban J connectivity index is 0.00000220. The smallest absolute Gasteiger partial charge is 0.314 e. The van der Waals surface area contributed by atoms with Crippen molar-refractivity contribution in [3.05, 3.63) is 29.8 Å². The minimum absolute atomic E-state index is 0. The standard InChI is InChI=1S/C12H15F3N2O2S.ClH/c1-9-8-16-5-6-17(9)20(18,19)11-4-2-3-10(7-11)12(13,14)15;/h2-4,7,9,16H,5-6,8H2,1H3;1H/t9-;/m1./s1. The number of nitrogens with zero attached hydrogens (tertiary/aromatic N) is 1. The van der Waals surface area contributed by atoms with Crippen LogP contribution in [0.15, 0.2) is 29.2 Å². The van der Waals surface area contributed by atoms with Crippen molar-refractivity contribution in [3.63, 3.8) is 0 Å². The summed E-state index contributed by atoms with van der Waals surface area (Å²) in [5, 5.41) is 3.04. The summed E-state index contributed by atoms with van der Waals surface area (Å²) >= 11 is 0. The molecule has 21 heavy (non-hydrogen) atoms. The first-order valence-electron chi connectivity index (χ1n) is 6.13. The SMILES string of the molecule is C[C@@H]1CNCCN1S(=O)(=O)c1cccc(C(F)(F)F)c1.Cl. The van der Waals surface area contributed by atoms with Gasteiger partial charge in [-0.05, 0) is 25.1 Å². The van der Waals surface area contributed by atoms with E-state index < -0.39 is 21.8 Å². The lowest BCUT2D eigenvalue weighted by Crippen LogP contribution is -2.52. The fourth-order valence-electron chi connectivity index (χ4n) is 2.15. The minimum Gasteiger partial charge on any atom is -0.314 e. The highest BCUT2D eigenvalue weighted by atomic mass is 35.5. The Bertz CT molecular complexity index is 592. The molecule has 0 saturated carbocycles. The van der Waals surface area contributed by atoms with Gasteiger partial charge in [-0.2, -0.15) is 17.5 Å². The van der Waals surface area contributed by atoms with Gasteiger partial charge in [0, 0.05) is 25.7 Å². The van der Waals surface area contributed by atoms with Gasteiger partial charge in [0.1, 0.15) is 0 Å². The maximum absolute atomic E-state index is 12.7. The minimum atomic E-state index is -4.55. The quantitative estimate of drug-likeness (QED) is 0.894. The van der Waals surface area contributed by atoms with E-state index in [1.54, 1.807) is 6.92 Å². The number of hydrogen-bond acceptors (Lipinski definition) is 3. The molecule has 0 amide bonds. The number of alkyl halides is 3. The summed E-state index contributed by atoms with van der Waals surface area (Å²) in [6, 6.07) is 3.56. The molecule has 1 aromatic carbocycles. The van der Waals surface area contributed by atoms with Gasteiger partial charge >= 0.3 is 6.18 Å². The summed E-state index contributed by atoms with van der Waals surface area (Å²) in [4.78, 5) is -0.318. The highest BCUT2D eigenvalue weighted by molar-refractivity contribution is 7.89. The molecule has 1 aliphatic rings. The third-order valence-electron chi connectivity index (χ3n) is 3.21. The molecule has 0 spiro atoms. The van der Waals surface area contributed by atoms with Crippen molar-refractivity contribution in [2.45, 2.75) is 24.0 Å². The number of piperazine rings is 1. The van der Waals surface area contributed by atoms with E-state index in [-0.39, 0.29) is 29.9 Å². The lowest BCUT2D eigenvalue weighted by molar-refractivity contribution is -0.137. The Labute approximate surface area is 127 Å². The second-order valence-electron chi connectivity index (χ2n) is 4.69. The van der Waals surface area contributed by atoms with Crippen molar-refractivity contribution in [1.82, 2.24) is 9.62 Å². The zero-order chi connectivity index (χ0) is 15.0. The van der Waals surface area contributed by atoms with Gasteiger partial charge in [-0.15, -0.1) is 12.4 Å². The molecule has 1 atom stereocenters. The van der Waals surface area contributed by atoms with E-state index in [1.165, 1.54) is 10.4 Å². The maximum atomic E-state index is 12.7. The Morgan fingerprint density at radius 3 is 2.57 bits per heavy atom. The molecular weight excluding hydrogens is 329 g/mol. The predicted molar refractivity (Wildman–Crippen MR) is 74.9 cm³/mol. The van der Waals surface area contributed by atoms with E-state index >= 15 is 0 Å². The van der Waals surface area contributed by atoms with Crippen LogP contribution >= 0.6 is 12.4 Å². The molecule has 2 rings (SSSR count). The van der Waals surface area contributed by atoms with Crippen molar-refractivity contribution >= 4 is 22.4 Å². The van der Waals surface area contributed by atoms with E-state index in [0.717, 1.165) is 12.1 Å². The molecule has 0 radical (unpaired) electrons. The second kappa shape index (κ2) is 6.51. The first-order valence-corrected chi connectivity index (χ1v) is 7.57. The van der Waals surface area contributed by atoms with E-state index in [2.05, 4.69) is 5.32 Å². The van der Waals surface area contributed by atoms with Gasteiger partial charge in [-0.1, -0.05) is 6.07 Å². The average molecular weight is 345 g/mol. The van der Waals surface area contributed by atoms with Crippen LogP contribution in [0.1, 0.15) is 12.5 Å². The monoisotopic (exact) mass is 344 g/mol. The van der Waals surface area contributed by atoms with Gasteiger partial charge in [0.2, 0.25) is 10.0 Å². The number of nitrogens with one attached hydrogen (secondary N) is 1. The molecule has 1 aromatic rings. The van der Waals surface area contributed by atoms with Gasteiger partial charge in [-0.25, -0.2) is 8.42 Å². The second-order valence-corrected chi connectivity index (χ2v) is 6.59. The van der Waals surface area contributed by atoms with Gasteiger partial charge in [0.15, 0.2) is 0 Å². The summed E-state index contributed by atoms with van der Waals surface area (Å²) in [5.41, 5.74) is -0.957. The lowest BCUT2D eigenvalue weighted by Gasteiger charge is -2.32. The van der Waals surface area contributed by atoms with Gasteiger partial charge in [0.05, 0.1) is 10.5 Å². The van der Waals surface area contributed by atoms with Crippen molar-refractivity contribution in [1.29, 1.82) is 0 Å². The molecular formula is C12H16ClF3N2O2S. The van der Waals surface area contributed by atoms with Crippen LogP contribution in [-0.2, 0) is 16.2 Å². The number of hydrogen-bond donors (Lipinski definition) is 1. The molecule has 120 valence electrons. The normalized spacial score (nSPS) is 20.9. The topological polar surface area (TPSA) is 49.4 Å². The van der Waals surface area contributed by atoms with Crippen LogP contribution in [0.4, 0.5) is 13.2 Å². The van der Waals surface area contributed by atoms with E-state index in [0.29, 0.717) is 19.2 Å². The van der Waals surface area contributed by atoms with Crippen LogP contribution in [0.2, 0.25) is 0 Å². The summed E-state index contributed by atoms with van der Waals surface area (Å²) in [5.74, 6) is 0. The van der Waals surface area contributed by atoms with Crippen LogP contribution in [0.25, 0.3) is 0 Å². The zero-order valence-corrected chi connectivity index (χ0v) is 12.9. The third kappa shape index (κ3) is 3.88. The lowest BCUT2D eigenvalue weighted by atomic mass is 10.2. The molecule has 0 aliphatic carbocycles. The highest BCUT2D eigenvalue weighted by Crippen LogP contribution is 2.31. The fraction of sp³-hybridized carbons (Fsp3) is 0.500. The van der Waals surface area contributed by atoms with Gasteiger partial charge in [-0.3, -0.25) is 0 Å². The van der Waals surface area contributed by atoms with Crippen molar-refractivity contribution in [2.24, 2.45) is 0 Å². The number of benzene rings is 1. The van der Waals surface area contributed by atoms with Crippen molar-refractivity contribution < 1.29 is 21.6 Å². The summed E-state index contributed by atoms with van der Waals surface area (Å²) < 4.78 is 64.0. The Morgan fingerprint density at radius 1 is 1.33 bits per heavy atom. The highest BCUT2D eigenvalue weighted by Gasteiger charge is 2.34. The summed E-state index contributed by atoms with van der Waals surface area (Å²) in [6.45, 7) is 2.94. The van der Waals surface area contributed by atoms with E-state index in [1.807, 2.05) is 0 Å². The molecule has 1 heterocycles. The Hall–Kier alpha value is -0.830. The molecule has 0 unspecified atom stereocenters. The fourth-order valence-corrected chi connectivity index (χ4v) is 3.82. The largest absolute Gasteiger partial charge is 0.416 e. The van der Waals surface area contributed by atoms with E-state index in [4.69, 9.17) is 0 Å². The molecule has 0 bridgehead atoms. The molecule has 1 fully saturated rings. The van der Waals surface area contributed by atoms with Crippen LogP contribution in [-0.4, -0.2) is 38.4 Å². The number of sulfonamides is 1. The molecule has 0 aromatic heterocycles. The van der Waals surface area contributed by atoms with Crippen LogP contribution in [0, 0.1) is 0 Å². The van der Waals surface area contributed by atoms with Gasteiger partial charge in [0.25, 0.3) is 0 Å². The third-order valence-corrected chi connectivity index (χ3v) is 5.22. The predicted octanol–water partition coefficient (Wildman–Crippen LogP) is 2.11. The van der Waals surface area contributed by atoms with E-state index in [9.17, 15) is 21.6 Å². The van der Waals surface area contributed by atoms with Crippen molar-refractivity contribution in [2.75, 3.05) is 19.6 Å². The Kier molecular flexibility index (Phi) is 5.65. The summed E-state index contributed by atoms with van der Waals surface area (Å²) in [6.07, 6.45) is -4.55. The maximum Gasteiger partial charge on any atom is 0.416 e. The Morgan fingerprint density at radius 2 is 2.00 bits per heavy atom. The molecule has 9 heteroatoms. The van der Waals surface area contributed by atoms with Gasteiger partial charge < -0.3 is 5.32 Å². The van der Waals surface area contributed by atoms with Crippen LogP contribution in [0.3, 0.4) is 0 Å². The van der Waals surface area contributed by atoms with Crippen LogP contribution < -0.4 is 5.32 Å².